The molecule has 114 valence electrons. The predicted molar refractivity (Wildman–Crippen MR) is 86.6 cm³/mol. The maximum Gasteiger partial charge on any atom is 0.248 e. The second-order valence-electron chi connectivity index (χ2n) is 5.61. The molecule has 0 aromatic carbocycles. The topological polar surface area (TPSA) is 48.5 Å². The van der Waals surface area contributed by atoms with Crippen molar-refractivity contribution in [1.82, 2.24) is 9.88 Å². The van der Waals surface area contributed by atoms with Gasteiger partial charge in [0.1, 0.15) is 5.82 Å². The predicted octanol–water partition coefficient (Wildman–Crippen LogP) is 2.13. The molecular weight excluding hydrogens is 264 g/mol. The third-order valence-corrected chi connectivity index (χ3v) is 3.44. The minimum Gasteiger partial charge on any atom is -0.357 e. The van der Waals surface area contributed by atoms with Crippen molar-refractivity contribution in [3.63, 3.8) is 0 Å². The molecule has 2 rings (SSSR count). The van der Waals surface area contributed by atoms with E-state index in [2.05, 4.69) is 15.2 Å². The maximum atomic E-state index is 11.7. The lowest BCUT2D eigenvalue weighted by Crippen LogP contribution is -2.30. The lowest BCUT2D eigenvalue weighted by molar-refractivity contribution is -0.111. The molecule has 0 saturated carbocycles. The third-order valence-electron chi connectivity index (χ3n) is 3.44. The van der Waals surface area contributed by atoms with E-state index in [1.165, 1.54) is 19.3 Å². The molecule has 0 atom stereocenters. The first-order chi connectivity index (χ1) is 10.1. The van der Waals surface area contributed by atoms with Crippen LogP contribution in [-0.2, 0) is 4.79 Å². The minimum absolute atomic E-state index is 0.121. The summed E-state index contributed by atoms with van der Waals surface area (Å²) in [6.45, 7) is 2.90. The summed E-state index contributed by atoms with van der Waals surface area (Å²) in [4.78, 5) is 20.5. The molecule has 1 amide bonds. The van der Waals surface area contributed by atoms with E-state index in [0.29, 0.717) is 0 Å². The molecular formula is C16H24N4O. The van der Waals surface area contributed by atoms with E-state index in [9.17, 15) is 4.79 Å². The van der Waals surface area contributed by atoms with E-state index < -0.39 is 0 Å². The molecule has 5 heteroatoms. The molecule has 0 unspecified atom stereocenters. The Kier molecular flexibility index (Phi) is 5.75. The van der Waals surface area contributed by atoms with Gasteiger partial charge >= 0.3 is 0 Å². The smallest absolute Gasteiger partial charge is 0.248 e. The standard InChI is InChI=1S/C16H24N4O/c1-19(2)10-6-7-16(21)18-14-8-9-15(17-13-14)20-11-4-3-5-12-20/h6-9,13H,3-5,10-12H2,1-2H3,(H,18,21)/b7-6+. The van der Waals surface area contributed by atoms with Crippen LogP contribution in [0.5, 0.6) is 0 Å². The monoisotopic (exact) mass is 288 g/mol. The van der Waals surface area contributed by atoms with Crippen LogP contribution in [0.3, 0.4) is 0 Å². The fraction of sp³-hybridized carbons (Fsp3) is 0.500. The van der Waals surface area contributed by atoms with Gasteiger partial charge in [-0.05, 0) is 45.5 Å². The summed E-state index contributed by atoms with van der Waals surface area (Å²) in [6, 6.07) is 3.89. The molecule has 2 heterocycles. The Labute approximate surface area is 126 Å². The van der Waals surface area contributed by atoms with Crippen molar-refractivity contribution in [1.29, 1.82) is 0 Å². The van der Waals surface area contributed by atoms with Crippen molar-refractivity contribution < 1.29 is 4.79 Å². The SMILES string of the molecule is CN(C)C/C=C/C(=O)Nc1ccc(N2CCCCC2)nc1. The Morgan fingerprint density at radius 3 is 2.71 bits per heavy atom. The van der Waals surface area contributed by atoms with Crippen molar-refractivity contribution in [3.8, 4) is 0 Å². The van der Waals surface area contributed by atoms with Gasteiger partial charge in [-0.1, -0.05) is 6.08 Å². The van der Waals surface area contributed by atoms with Gasteiger partial charge in [0.2, 0.25) is 5.91 Å². The average molecular weight is 288 g/mol. The Balaban J connectivity index is 1.87. The van der Waals surface area contributed by atoms with E-state index in [-0.39, 0.29) is 5.91 Å². The lowest BCUT2D eigenvalue weighted by Gasteiger charge is -2.27. The van der Waals surface area contributed by atoms with Gasteiger partial charge in [0, 0.05) is 25.7 Å². The number of hydrogen-bond acceptors (Lipinski definition) is 4. The van der Waals surface area contributed by atoms with Gasteiger partial charge in [0.05, 0.1) is 11.9 Å². The van der Waals surface area contributed by atoms with E-state index in [0.717, 1.165) is 31.1 Å². The number of rotatable bonds is 5. The molecule has 1 aliphatic rings. The van der Waals surface area contributed by atoms with Crippen molar-refractivity contribution in [2.45, 2.75) is 19.3 Å². The van der Waals surface area contributed by atoms with Crippen molar-refractivity contribution in [3.05, 3.63) is 30.5 Å². The molecule has 21 heavy (non-hydrogen) atoms. The molecule has 0 radical (unpaired) electrons. The second-order valence-corrected chi connectivity index (χ2v) is 5.61. The highest BCUT2D eigenvalue weighted by atomic mass is 16.1. The van der Waals surface area contributed by atoms with E-state index in [4.69, 9.17) is 0 Å². The summed E-state index contributed by atoms with van der Waals surface area (Å²) in [5.74, 6) is 0.875. The van der Waals surface area contributed by atoms with Crippen LogP contribution in [0.1, 0.15) is 19.3 Å². The first-order valence-corrected chi connectivity index (χ1v) is 7.48. The zero-order valence-electron chi connectivity index (χ0n) is 12.9. The molecule has 5 nitrogen and oxygen atoms in total. The first kappa shape index (κ1) is 15.5. The molecule has 1 N–H and O–H groups in total. The summed E-state index contributed by atoms with van der Waals surface area (Å²) in [6.07, 6.45) is 8.89. The Morgan fingerprint density at radius 2 is 2.10 bits per heavy atom. The number of hydrogen-bond donors (Lipinski definition) is 1. The molecule has 1 aliphatic heterocycles. The van der Waals surface area contributed by atoms with Crippen LogP contribution in [0.4, 0.5) is 11.5 Å². The maximum absolute atomic E-state index is 11.7. The summed E-state index contributed by atoms with van der Waals surface area (Å²) in [5.41, 5.74) is 0.732. The largest absolute Gasteiger partial charge is 0.357 e. The molecule has 1 aromatic heterocycles. The van der Waals surface area contributed by atoms with Crippen LogP contribution in [-0.4, -0.2) is 49.5 Å². The summed E-state index contributed by atoms with van der Waals surface area (Å²) >= 11 is 0. The van der Waals surface area contributed by atoms with Gasteiger partial charge < -0.3 is 15.1 Å². The Morgan fingerprint density at radius 1 is 1.33 bits per heavy atom. The number of nitrogens with zero attached hydrogens (tertiary/aromatic N) is 3. The first-order valence-electron chi connectivity index (χ1n) is 7.48. The summed E-state index contributed by atoms with van der Waals surface area (Å²) < 4.78 is 0. The van der Waals surface area contributed by atoms with E-state index in [1.807, 2.05) is 37.2 Å². The number of carbonyl (C=O) groups excluding carboxylic acids is 1. The van der Waals surface area contributed by atoms with Crippen molar-refractivity contribution >= 4 is 17.4 Å². The zero-order chi connectivity index (χ0) is 15.1. The number of likely N-dealkylation sites (N-methyl/N-ethyl adjacent to an activating group) is 1. The van der Waals surface area contributed by atoms with Gasteiger partial charge in [-0.15, -0.1) is 0 Å². The van der Waals surface area contributed by atoms with Crippen molar-refractivity contribution in [2.24, 2.45) is 0 Å². The van der Waals surface area contributed by atoms with Crippen molar-refractivity contribution in [2.75, 3.05) is 43.9 Å². The van der Waals surface area contributed by atoms with Crippen LogP contribution in [0.15, 0.2) is 30.5 Å². The zero-order valence-corrected chi connectivity index (χ0v) is 12.9. The molecule has 1 saturated heterocycles. The number of carbonyl (C=O) groups is 1. The van der Waals surface area contributed by atoms with Gasteiger partial charge in [0.25, 0.3) is 0 Å². The highest BCUT2D eigenvalue weighted by Gasteiger charge is 2.11. The second kappa shape index (κ2) is 7.78. The number of pyridine rings is 1. The molecule has 0 aliphatic carbocycles. The van der Waals surface area contributed by atoms with E-state index >= 15 is 0 Å². The van der Waals surface area contributed by atoms with Crippen LogP contribution in [0.25, 0.3) is 0 Å². The van der Waals surface area contributed by atoms with Crippen LogP contribution in [0.2, 0.25) is 0 Å². The molecule has 1 fully saturated rings. The highest BCUT2D eigenvalue weighted by Crippen LogP contribution is 2.18. The van der Waals surface area contributed by atoms with Gasteiger partial charge in [-0.2, -0.15) is 0 Å². The number of anilines is 2. The highest BCUT2D eigenvalue weighted by molar-refractivity contribution is 5.99. The number of aromatic nitrogens is 1. The molecule has 0 bridgehead atoms. The lowest BCUT2D eigenvalue weighted by atomic mass is 10.1. The minimum atomic E-state index is -0.121. The number of nitrogens with one attached hydrogen (secondary N) is 1. The Hall–Kier alpha value is -1.88. The summed E-state index contributed by atoms with van der Waals surface area (Å²) in [7, 11) is 3.93. The number of piperidine rings is 1. The number of amides is 1. The van der Waals surface area contributed by atoms with Crippen LogP contribution >= 0.6 is 0 Å². The fourth-order valence-corrected chi connectivity index (χ4v) is 2.32. The summed E-state index contributed by atoms with van der Waals surface area (Å²) in [5, 5.41) is 2.82. The molecule has 1 aromatic rings. The average Bonchev–Trinajstić information content (AvgIpc) is 2.48. The quantitative estimate of drug-likeness (QED) is 0.843. The van der Waals surface area contributed by atoms with Crippen LogP contribution in [0, 0.1) is 0 Å². The van der Waals surface area contributed by atoms with Crippen LogP contribution < -0.4 is 10.2 Å². The Bertz CT molecular complexity index is 476. The van der Waals surface area contributed by atoms with Gasteiger partial charge in [-0.25, -0.2) is 4.98 Å². The van der Waals surface area contributed by atoms with Gasteiger partial charge in [0.15, 0.2) is 0 Å². The fourth-order valence-electron chi connectivity index (χ4n) is 2.32. The van der Waals surface area contributed by atoms with E-state index in [1.54, 1.807) is 12.3 Å². The normalized spacial score (nSPS) is 15.7. The van der Waals surface area contributed by atoms with Gasteiger partial charge in [-0.3, -0.25) is 4.79 Å². The third kappa shape index (κ3) is 5.19. The molecule has 0 spiro atoms.